The number of carbonyl (C=O) groups is 1. The summed E-state index contributed by atoms with van der Waals surface area (Å²) >= 11 is 0. The molecule has 1 rings (SSSR count). The molecule has 0 amide bonds. The number of hydrogen-bond acceptors (Lipinski definition) is 3. The first-order valence-electron chi connectivity index (χ1n) is 5.25. The van der Waals surface area contributed by atoms with Gasteiger partial charge in [0.1, 0.15) is 5.54 Å². The van der Waals surface area contributed by atoms with E-state index >= 15 is 0 Å². The summed E-state index contributed by atoms with van der Waals surface area (Å²) < 4.78 is 41.3. The van der Waals surface area contributed by atoms with Crippen LogP contribution < -0.4 is 5.32 Å². The Hall–Kier alpha value is -1.56. The molecule has 3 nitrogen and oxygen atoms in total. The SMILES string of the molecule is COC(=O)C(C)(NCC(F)(F)F)c1ccccc1. The summed E-state index contributed by atoms with van der Waals surface area (Å²) in [5, 5.41) is 2.20. The van der Waals surface area contributed by atoms with Gasteiger partial charge in [-0.3, -0.25) is 5.32 Å². The van der Waals surface area contributed by atoms with Gasteiger partial charge in [0, 0.05) is 0 Å². The number of alkyl halides is 3. The molecule has 100 valence electrons. The highest BCUT2D eigenvalue weighted by Gasteiger charge is 2.39. The van der Waals surface area contributed by atoms with Crippen LogP contribution in [0.25, 0.3) is 0 Å². The fourth-order valence-corrected chi connectivity index (χ4v) is 1.54. The van der Waals surface area contributed by atoms with E-state index in [0.29, 0.717) is 5.56 Å². The van der Waals surface area contributed by atoms with Crippen molar-refractivity contribution in [2.45, 2.75) is 18.6 Å². The Bertz CT molecular complexity index is 406. The maximum Gasteiger partial charge on any atom is 0.401 e. The number of esters is 1. The highest BCUT2D eigenvalue weighted by molar-refractivity contribution is 5.82. The molecule has 0 aliphatic heterocycles. The molecule has 1 aromatic rings. The minimum absolute atomic E-state index is 0.418. The van der Waals surface area contributed by atoms with Crippen LogP contribution in [0.5, 0.6) is 0 Å². The van der Waals surface area contributed by atoms with Crippen molar-refractivity contribution < 1.29 is 22.7 Å². The summed E-state index contributed by atoms with van der Waals surface area (Å²) in [5.41, 5.74) is -1.10. The molecule has 1 unspecified atom stereocenters. The number of halogens is 3. The normalized spacial score (nSPS) is 14.9. The quantitative estimate of drug-likeness (QED) is 0.845. The van der Waals surface area contributed by atoms with Crippen LogP contribution in [0.15, 0.2) is 30.3 Å². The minimum Gasteiger partial charge on any atom is -0.467 e. The lowest BCUT2D eigenvalue weighted by Crippen LogP contribution is -2.50. The first kappa shape index (κ1) is 14.5. The molecule has 6 heteroatoms. The zero-order valence-corrected chi connectivity index (χ0v) is 10.0. The van der Waals surface area contributed by atoms with Crippen LogP contribution >= 0.6 is 0 Å². The first-order chi connectivity index (χ1) is 8.29. The number of rotatable bonds is 4. The van der Waals surface area contributed by atoms with Crippen molar-refractivity contribution in [2.75, 3.05) is 13.7 Å². The van der Waals surface area contributed by atoms with E-state index in [4.69, 9.17) is 0 Å². The van der Waals surface area contributed by atoms with E-state index in [9.17, 15) is 18.0 Å². The van der Waals surface area contributed by atoms with Crippen LogP contribution in [0, 0.1) is 0 Å². The Morgan fingerprint density at radius 3 is 2.28 bits per heavy atom. The summed E-state index contributed by atoms with van der Waals surface area (Å²) in [5.74, 6) is -0.766. The highest BCUT2D eigenvalue weighted by Crippen LogP contribution is 2.24. The Balaban J connectivity index is 3.00. The van der Waals surface area contributed by atoms with Crippen molar-refractivity contribution in [2.24, 2.45) is 0 Å². The van der Waals surface area contributed by atoms with Crippen LogP contribution in [0.2, 0.25) is 0 Å². The third-order valence-corrected chi connectivity index (χ3v) is 2.59. The maximum atomic E-state index is 12.3. The van der Waals surface area contributed by atoms with E-state index < -0.39 is 24.2 Å². The van der Waals surface area contributed by atoms with Crippen molar-refractivity contribution in [3.8, 4) is 0 Å². The van der Waals surface area contributed by atoms with Crippen LogP contribution in [0.4, 0.5) is 13.2 Å². The van der Waals surface area contributed by atoms with Gasteiger partial charge in [0.15, 0.2) is 0 Å². The van der Waals surface area contributed by atoms with E-state index in [1.807, 2.05) is 0 Å². The van der Waals surface area contributed by atoms with Gasteiger partial charge in [-0.2, -0.15) is 13.2 Å². The third-order valence-electron chi connectivity index (χ3n) is 2.59. The summed E-state index contributed by atoms with van der Waals surface area (Å²) in [6, 6.07) is 8.14. The lowest BCUT2D eigenvalue weighted by molar-refractivity contribution is -0.153. The zero-order chi connectivity index (χ0) is 13.8. The van der Waals surface area contributed by atoms with E-state index in [0.717, 1.165) is 7.11 Å². The number of carbonyl (C=O) groups excluding carboxylic acids is 1. The van der Waals surface area contributed by atoms with Crippen molar-refractivity contribution in [1.29, 1.82) is 0 Å². The zero-order valence-electron chi connectivity index (χ0n) is 10.0. The van der Waals surface area contributed by atoms with Crippen molar-refractivity contribution in [1.82, 2.24) is 5.32 Å². The lowest BCUT2D eigenvalue weighted by atomic mass is 9.92. The van der Waals surface area contributed by atoms with Gasteiger partial charge in [0.2, 0.25) is 0 Å². The summed E-state index contributed by atoms with van der Waals surface area (Å²) in [7, 11) is 1.14. The fraction of sp³-hybridized carbons (Fsp3) is 0.417. The number of benzene rings is 1. The summed E-state index contributed by atoms with van der Waals surface area (Å²) in [4.78, 5) is 11.7. The van der Waals surface area contributed by atoms with E-state index in [1.54, 1.807) is 30.3 Å². The van der Waals surface area contributed by atoms with Crippen LogP contribution in [-0.2, 0) is 15.1 Å². The van der Waals surface area contributed by atoms with E-state index in [2.05, 4.69) is 10.1 Å². The number of ether oxygens (including phenoxy) is 1. The molecule has 0 aliphatic rings. The van der Waals surface area contributed by atoms with Gasteiger partial charge in [-0.15, -0.1) is 0 Å². The van der Waals surface area contributed by atoms with Crippen molar-refractivity contribution in [3.63, 3.8) is 0 Å². The van der Waals surface area contributed by atoms with Gasteiger partial charge >= 0.3 is 12.1 Å². The van der Waals surface area contributed by atoms with Crippen molar-refractivity contribution in [3.05, 3.63) is 35.9 Å². The van der Waals surface area contributed by atoms with Gasteiger partial charge in [0.05, 0.1) is 13.7 Å². The Morgan fingerprint density at radius 1 is 1.28 bits per heavy atom. The molecular weight excluding hydrogens is 247 g/mol. The maximum absolute atomic E-state index is 12.3. The molecule has 0 aromatic heterocycles. The van der Waals surface area contributed by atoms with Gasteiger partial charge < -0.3 is 4.74 Å². The van der Waals surface area contributed by atoms with Crippen LogP contribution in [-0.4, -0.2) is 25.8 Å². The summed E-state index contributed by atoms with van der Waals surface area (Å²) in [6.45, 7) is 0.0907. The Kier molecular flexibility index (Phi) is 4.34. The number of nitrogens with one attached hydrogen (secondary N) is 1. The lowest BCUT2D eigenvalue weighted by Gasteiger charge is -2.29. The molecule has 0 fully saturated rings. The van der Waals surface area contributed by atoms with E-state index in [-0.39, 0.29) is 0 Å². The standard InChI is InChI=1S/C12H14F3NO2/c1-11(10(17)18-2,16-8-12(13,14)15)9-6-4-3-5-7-9/h3-7,16H,8H2,1-2H3. The molecule has 1 atom stereocenters. The van der Waals surface area contributed by atoms with Crippen LogP contribution in [0.1, 0.15) is 12.5 Å². The molecule has 0 radical (unpaired) electrons. The molecule has 0 spiro atoms. The second-order valence-corrected chi connectivity index (χ2v) is 3.95. The Morgan fingerprint density at radius 2 is 1.83 bits per heavy atom. The van der Waals surface area contributed by atoms with Gasteiger partial charge in [-0.05, 0) is 12.5 Å². The molecule has 1 N–H and O–H groups in total. The predicted molar refractivity (Wildman–Crippen MR) is 59.9 cm³/mol. The monoisotopic (exact) mass is 261 g/mol. The molecule has 1 aromatic carbocycles. The second kappa shape index (κ2) is 5.39. The second-order valence-electron chi connectivity index (χ2n) is 3.95. The Labute approximate surface area is 103 Å². The smallest absolute Gasteiger partial charge is 0.401 e. The largest absolute Gasteiger partial charge is 0.467 e. The van der Waals surface area contributed by atoms with Crippen molar-refractivity contribution >= 4 is 5.97 Å². The van der Waals surface area contributed by atoms with E-state index in [1.165, 1.54) is 6.92 Å². The highest BCUT2D eigenvalue weighted by atomic mass is 19.4. The van der Waals surface area contributed by atoms with Gasteiger partial charge in [-0.25, -0.2) is 4.79 Å². The number of hydrogen-bond donors (Lipinski definition) is 1. The molecule has 0 heterocycles. The predicted octanol–water partition coefficient (Wildman–Crippen LogP) is 2.23. The molecular formula is C12H14F3NO2. The van der Waals surface area contributed by atoms with Crippen LogP contribution in [0.3, 0.4) is 0 Å². The first-order valence-corrected chi connectivity index (χ1v) is 5.25. The molecule has 0 aliphatic carbocycles. The van der Waals surface area contributed by atoms with Gasteiger partial charge in [0.25, 0.3) is 0 Å². The third kappa shape index (κ3) is 3.46. The molecule has 18 heavy (non-hydrogen) atoms. The number of methoxy groups -OCH3 is 1. The molecule has 0 saturated heterocycles. The molecule has 0 bridgehead atoms. The minimum atomic E-state index is -4.40. The fourth-order valence-electron chi connectivity index (χ4n) is 1.54. The van der Waals surface area contributed by atoms with Gasteiger partial charge in [-0.1, -0.05) is 30.3 Å². The average Bonchev–Trinajstić information content (AvgIpc) is 2.35. The average molecular weight is 261 g/mol. The topological polar surface area (TPSA) is 38.3 Å². The molecule has 0 saturated carbocycles. The summed E-state index contributed by atoms with van der Waals surface area (Å²) in [6.07, 6.45) is -4.40.